The van der Waals surface area contributed by atoms with Crippen LogP contribution in [0.2, 0.25) is 5.02 Å². The third-order valence-electron chi connectivity index (χ3n) is 4.55. The molecule has 0 amide bonds. The Morgan fingerprint density at radius 1 is 1.03 bits per heavy atom. The number of hydrogen-bond donors (Lipinski definition) is 2. The van der Waals surface area contributed by atoms with Crippen molar-refractivity contribution in [1.82, 2.24) is 0 Å². The fourth-order valence-corrected chi connectivity index (χ4v) is 3.34. The van der Waals surface area contributed by atoms with Gasteiger partial charge in [-0.05, 0) is 60.9 Å². The molecule has 0 fully saturated rings. The Morgan fingerprint density at radius 2 is 1.80 bits per heavy atom. The van der Waals surface area contributed by atoms with E-state index in [1.54, 1.807) is 18.2 Å². The lowest BCUT2D eigenvalue weighted by Gasteiger charge is -2.16. The summed E-state index contributed by atoms with van der Waals surface area (Å²) in [6.45, 7) is 5.17. The predicted molar refractivity (Wildman–Crippen MR) is 119 cm³/mol. The molecule has 0 spiro atoms. The molecule has 0 saturated carbocycles. The van der Waals surface area contributed by atoms with Crippen LogP contribution in [-0.4, -0.2) is 17.7 Å². The molecule has 0 saturated heterocycles. The lowest BCUT2D eigenvalue weighted by atomic mass is 10.1. The number of nitrogens with one attached hydrogen (secondary N) is 1. The average Bonchev–Trinajstić information content (AvgIpc) is 2.73. The molecule has 0 aliphatic rings. The Labute approximate surface area is 181 Å². The minimum absolute atomic E-state index is 0.264. The molecular weight excluding hydrogens is 402 g/mol. The second-order valence-corrected chi connectivity index (χ2v) is 7.21. The van der Waals surface area contributed by atoms with E-state index >= 15 is 0 Å². The number of carboxylic acid groups (broad SMARTS) is 1. The number of halogens is 1. The summed E-state index contributed by atoms with van der Waals surface area (Å²) in [6.07, 6.45) is 0. The van der Waals surface area contributed by atoms with Gasteiger partial charge < -0.3 is 19.9 Å². The quantitative estimate of drug-likeness (QED) is 0.444. The van der Waals surface area contributed by atoms with Crippen molar-refractivity contribution in [2.24, 2.45) is 0 Å². The predicted octanol–water partition coefficient (Wildman–Crippen LogP) is 5.94. The molecule has 0 radical (unpaired) electrons. The van der Waals surface area contributed by atoms with Gasteiger partial charge in [0.2, 0.25) is 0 Å². The van der Waals surface area contributed by atoms with Gasteiger partial charge in [-0.2, -0.15) is 0 Å². The third kappa shape index (κ3) is 5.45. The largest absolute Gasteiger partial charge is 0.490 e. The highest BCUT2D eigenvalue weighted by Gasteiger charge is 2.13. The van der Waals surface area contributed by atoms with Gasteiger partial charge in [-0.3, -0.25) is 0 Å². The second-order valence-electron chi connectivity index (χ2n) is 6.80. The summed E-state index contributed by atoms with van der Waals surface area (Å²) >= 11 is 6.51. The molecule has 0 aliphatic heterocycles. The molecule has 156 valence electrons. The van der Waals surface area contributed by atoms with Crippen molar-refractivity contribution < 1.29 is 19.4 Å². The van der Waals surface area contributed by atoms with E-state index in [1.165, 1.54) is 0 Å². The Hall–Kier alpha value is -3.18. The van der Waals surface area contributed by atoms with Crippen LogP contribution in [0.15, 0.2) is 60.7 Å². The lowest BCUT2D eigenvalue weighted by Crippen LogP contribution is -2.05. The third-order valence-corrected chi connectivity index (χ3v) is 4.83. The van der Waals surface area contributed by atoms with Crippen LogP contribution in [-0.2, 0) is 13.2 Å². The average molecular weight is 426 g/mol. The van der Waals surface area contributed by atoms with Gasteiger partial charge in [0, 0.05) is 12.2 Å². The highest BCUT2D eigenvalue weighted by Crippen LogP contribution is 2.37. The van der Waals surface area contributed by atoms with E-state index in [1.807, 2.05) is 56.3 Å². The first-order valence-electron chi connectivity index (χ1n) is 9.67. The highest BCUT2D eigenvalue weighted by molar-refractivity contribution is 6.32. The van der Waals surface area contributed by atoms with Gasteiger partial charge in [-0.15, -0.1) is 0 Å². The highest BCUT2D eigenvalue weighted by atomic mass is 35.5. The molecule has 0 bridgehead atoms. The smallest absolute Gasteiger partial charge is 0.335 e. The minimum atomic E-state index is -0.941. The second kappa shape index (κ2) is 10.0. The van der Waals surface area contributed by atoms with Crippen molar-refractivity contribution in [2.75, 3.05) is 11.9 Å². The van der Waals surface area contributed by atoms with Crippen LogP contribution >= 0.6 is 11.6 Å². The summed E-state index contributed by atoms with van der Waals surface area (Å²) in [6, 6.07) is 18.6. The molecule has 0 aromatic heterocycles. The van der Waals surface area contributed by atoms with Crippen molar-refractivity contribution in [3.05, 3.63) is 87.9 Å². The van der Waals surface area contributed by atoms with E-state index in [0.29, 0.717) is 36.3 Å². The van der Waals surface area contributed by atoms with E-state index in [2.05, 4.69) is 5.32 Å². The summed E-state index contributed by atoms with van der Waals surface area (Å²) in [5.41, 5.74) is 3.95. The number of hydrogen-bond acceptors (Lipinski definition) is 4. The topological polar surface area (TPSA) is 67.8 Å². The van der Waals surface area contributed by atoms with E-state index in [9.17, 15) is 4.79 Å². The molecule has 5 nitrogen and oxygen atoms in total. The molecule has 0 heterocycles. The zero-order valence-corrected chi connectivity index (χ0v) is 17.7. The van der Waals surface area contributed by atoms with Crippen molar-refractivity contribution in [1.29, 1.82) is 0 Å². The molecule has 0 aliphatic carbocycles. The van der Waals surface area contributed by atoms with Crippen molar-refractivity contribution in [3.63, 3.8) is 0 Å². The van der Waals surface area contributed by atoms with Gasteiger partial charge in [-0.25, -0.2) is 4.79 Å². The number of carbonyl (C=O) groups is 1. The van der Waals surface area contributed by atoms with Crippen molar-refractivity contribution in [3.8, 4) is 11.5 Å². The number of anilines is 1. The molecule has 3 aromatic rings. The van der Waals surface area contributed by atoms with Gasteiger partial charge in [0.1, 0.15) is 6.61 Å². The van der Waals surface area contributed by atoms with E-state index in [0.717, 1.165) is 22.4 Å². The molecule has 30 heavy (non-hydrogen) atoms. The van der Waals surface area contributed by atoms with Crippen LogP contribution < -0.4 is 14.8 Å². The number of carboxylic acids is 1. The van der Waals surface area contributed by atoms with Crippen LogP contribution in [0, 0.1) is 6.92 Å². The van der Waals surface area contributed by atoms with Gasteiger partial charge in [-0.1, -0.05) is 41.9 Å². The number of aromatic carboxylic acids is 1. The summed E-state index contributed by atoms with van der Waals surface area (Å²) in [5, 5.41) is 12.9. The van der Waals surface area contributed by atoms with Gasteiger partial charge in [0.25, 0.3) is 0 Å². The summed E-state index contributed by atoms with van der Waals surface area (Å²) in [5.74, 6) is 0.174. The molecule has 0 atom stereocenters. The maximum atomic E-state index is 11.1. The maximum Gasteiger partial charge on any atom is 0.335 e. The van der Waals surface area contributed by atoms with Crippen LogP contribution in [0.5, 0.6) is 11.5 Å². The number of benzene rings is 3. The Kier molecular flexibility index (Phi) is 7.20. The Balaban J connectivity index is 1.75. The van der Waals surface area contributed by atoms with Crippen LogP contribution in [0.3, 0.4) is 0 Å². The molecule has 3 rings (SSSR count). The normalized spacial score (nSPS) is 10.5. The van der Waals surface area contributed by atoms with Crippen LogP contribution in [0.1, 0.15) is 34.0 Å². The Bertz CT molecular complexity index is 1020. The van der Waals surface area contributed by atoms with E-state index in [4.69, 9.17) is 26.2 Å². The fraction of sp³-hybridized carbons (Fsp3) is 0.208. The first-order valence-corrected chi connectivity index (χ1v) is 10.1. The van der Waals surface area contributed by atoms with Gasteiger partial charge in [0.15, 0.2) is 11.5 Å². The Morgan fingerprint density at radius 3 is 2.47 bits per heavy atom. The molecule has 3 aromatic carbocycles. The first-order chi connectivity index (χ1) is 14.5. The minimum Gasteiger partial charge on any atom is -0.490 e. The van der Waals surface area contributed by atoms with Gasteiger partial charge >= 0.3 is 5.97 Å². The van der Waals surface area contributed by atoms with Gasteiger partial charge in [0.05, 0.1) is 17.2 Å². The zero-order chi connectivity index (χ0) is 21.5. The molecular formula is C24H24ClNO4. The maximum absolute atomic E-state index is 11.1. The number of aryl methyl sites for hydroxylation is 1. The number of rotatable bonds is 9. The zero-order valence-electron chi connectivity index (χ0n) is 16.9. The van der Waals surface area contributed by atoms with Crippen LogP contribution in [0.4, 0.5) is 5.69 Å². The van der Waals surface area contributed by atoms with E-state index < -0.39 is 5.97 Å². The molecule has 6 heteroatoms. The standard InChI is InChI=1S/C24H24ClNO4/c1-3-29-22-13-18(14-26-21-10-9-19(24(27)28)11-16(21)2)12-20(25)23(22)30-15-17-7-5-4-6-8-17/h4-13,26H,3,14-15H2,1-2H3,(H,27,28). The van der Waals surface area contributed by atoms with Crippen molar-refractivity contribution >= 4 is 23.3 Å². The molecule has 2 N–H and O–H groups in total. The first kappa shape index (κ1) is 21.5. The lowest BCUT2D eigenvalue weighted by molar-refractivity contribution is 0.0697. The summed E-state index contributed by atoms with van der Waals surface area (Å²) in [4.78, 5) is 11.1. The van der Waals surface area contributed by atoms with Crippen molar-refractivity contribution in [2.45, 2.75) is 27.0 Å². The van der Waals surface area contributed by atoms with E-state index in [-0.39, 0.29) is 5.56 Å². The van der Waals surface area contributed by atoms with Crippen LogP contribution in [0.25, 0.3) is 0 Å². The number of ether oxygens (including phenoxy) is 2. The fourth-order valence-electron chi connectivity index (χ4n) is 3.05. The summed E-state index contributed by atoms with van der Waals surface area (Å²) in [7, 11) is 0. The SMILES string of the molecule is CCOc1cc(CNc2ccc(C(=O)O)cc2C)cc(Cl)c1OCc1ccccc1. The summed E-state index contributed by atoms with van der Waals surface area (Å²) < 4.78 is 11.7. The monoisotopic (exact) mass is 425 g/mol. The molecule has 0 unspecified atom stereocenters.